The highest BCUT2D eigenvalue weighted by molar-refractivity contribution is 5.69. The van der Waals surface area contributed by atoms with Gasteiger partial charge in [0.05, 0.1) is 32.7 Å². The maximum absolute atomic E-state index is 12.0. The van der Waals surface area contributed by atoms with Crippen molar-refractivity contribution in [2.45, 2.75) is 25.1 Å². The molecule has 1 rings (SSSR count). The van der Waals surface area contributed by atoms with Crippen molar-refractivity contribution in [2.24, 2.45) is 0 Å². The second-order valence-electron chi connectivity index (χ2n) is 3.94. The molecule has 0 amide bonds. The fourth-order valence-electron chi connectivity index (χ4n) is 1.66. The van der Waals surface area contributed by atoms with Crippen LogP contribution in [0.3, 0.4) is 0 Å². The van der Waals surface area contributed by atoms with Gasteiger partial charge in [-0.2, -0.15) is 13.2 Å². The molecule has 0 radical (unpaired) electrons. The molecule has 1 fully saturated rings. The molecule has 0 saturated carbocycles. The van der Waals surface area contributed by atoms with Crippen LogP contribution in [0.15, 0.2) is 0 Å². The molecule has 0 aromatic carbocycles. The Bertz CT molecular complexity index is 258. The van der Waals surface area contributed by atoms with E-state index in [1.807, 2.05) is 0 Å². The van der Waals surface area contributed by atoms with Gasteiger partial charge < -0.3 is 9.47 Å². The van der Waals surface area contributed by atoms with Gasteiger partial charge in [0, 0.05) is 19.6 Å². The fourth-order valence-corrected chi connectivity index (χ4v) is 1.66. The zero-order chi connectivity index (χ0) is 12.9. The molecule has 4 nitrogen and oxygen atoms in total. The minimum absolute atomic E-state index is 0.0511. The van der Waals surface area contributed by atoms with Crippen molar-refractivity contribution in [2.75, 3.05) is 33.4 Å². The lowest BCUT2D eigenvalue weighted by Crippen LogP contribution is -2.44. The van der Waals surface area contributed by atoms with Crippen LogP contribution in [0.2, 0.25) is 0 Å². The van der Waals surface area contributed by atoms with Gasteiger partial charge >= 0.3 is 12.1 Å². The largest absolute Gasteiger partial charge is 0.469 e. The van der Waals surface area contributed by atoms with Crippen molar-refractivity contribution >= 4 is 5.97 Å². The Labute approximate surface area is 97.7 Å². The van der Waals surface area contributed by atoms with E-state index in [0.717, 1.165) is 0 Å². The molecule has 0 bridgehead atoms. The molecule has 100 valence electrons. The van der Waals surface area contributed by atoms with Crippen LogP contribution in [-0.4, -0.2) is 56.5 Å². The lowest BCUT2D eigenvalue weighted by molar-refractivity contribution is -0.150. The molecule has 17 heavy (non-hydrogen) atoms. The van der Waals surface area contributed by atoms with Crippen LogP contribution in [0, 0.1) is 0 Å². The third-order valence-corrected chi connectivity index (χ3v) is 2.56. The highest BCUT2D eigenvalue weighted by Gasteiger charge is 2.30. The van der Waals surface area contributed by atoms with Gasteiger partial charge in [0.25, 0.3) is 0 Å². The van der Waals surface area contributed by atoms with Crippen molar-refractivity contribution in [3.8, 4) is 0 Å². The summed E-state index contributed by atoms with van der Waals surface area (Å²) in [4.78, 5) is 12.7. The Morgan fingerprint density at radius 1 is 1.53 bits per heavy atom. The van der Waals surface area contributed by atoms with E-state index in [-0.39, 0.29) is 19.1 Å². The maximum Gasteiger partial charge on any atom is 0.390 e. The van der Waals surface area contributed by atoms with E-state index in [4.69, 9.17) is 4.74 Å². The number of ether oxygens (including phenoxy) is 2. The molecule has 1 heterocycles. The summed E-state index contributed by atoms with van der Waals surface area (Å²) in [5, 5.41) is 0. The smallest absolute Gasteiger partial charge is 0.390 e. The van der Waals surface area contributed by atoms with Crippen molar-refractivity contribution in [1.82, 2.24) is 4.90 Å². The second kappa shape index (κ2) is 6.20. The number of morpholine rings is 1. The van der Waals surface area contributed by atoms with E-state index in [1.54, 1.807) is 4.90 Å². The van der Waals surface area contributed by atoms with Crippen LogP contribution < -0.4 is 0 Å². The Hall–Kier alpha value is -0.820. The van der Waals surface area contributed by atoms with Gasteiger partial charge in [-0.25, -0.2) is 0 Å². The first kappa shape index (κ1) is 14.2. The van der Waals surface area contributed by atoms with Crippen LogP contribution in [0.25, 0.3) is 0 Å². The molecule has 0 N–H and O–H groups in total. The summed E-state index contributed by atoms with van der Waals surface area (Å²) in [6, 6.07) is 0. The number of halogens is 3. The summed E-state index contributed by atoms with van der Waals surface area (Å²) in [7, 11) is 1.27. The molecule has 0 aromatic rings. The Kier molecular flexibility index (Phi) is 5.20. The Morgan fingerprint density at radius 2 is 2.24 bits per heavy atom. The first-order chi connectivity index (χ1) is 7.90. The van der Waals surface area contributed by atoms with Crippen molar-refractivity contribution in [3.05, 3.63) is 0 Å². The molecular formula is C10H16F3NO3. The first-order valence-electron chi connectivity index (χ1n) is 5.38. The molecule has 1 saturated heterocycles. The summed E-state index contributed by atoms with van der Waals surface area (Å²) in [5.74, 6) is -0.410. The fraction of sp³-hybridized carbons (Fsp3) is 0.900. The normalized spacial score (nSPS) is 22.5. The van der Waals surface area contributed by atoms with Gasteiger partial charge in [-0.3, -0.25) is 9.69 Å². The Morgan fingerprint density at radius 3 is 2.82 bits per heavy atom. The molecule has 0 spiro atoms. The van der Waals surface area contributed by atoms with Crippen LogP contribution >= 0.6 is 0 Å². The summed E-state index contributed by atoms with van der Waals surface area (Å²) in [5.41, 5.74) is 0. The van der Waals surface area contributed by atoms with Crippen molar-refractivity contribution < 1.29 is 27.4 Å². The van der Waals surface area contributed by atoms with Crippen molar-refractivity contribution in [3.63, 3.8) is 0 Å². The number of alkyl halides is 3. The minimum atomic E-state index is -4.14. The second-order valence-corrected chi connectivity index (χ2v) is 3.94. The SMILES string of the molecule is COC(=O)C[C@@H]1CN(CCC(F)(F)F)CCO1. The number of rotatable bonds is 4. The van der Waals surface area contributed by atoms with E-state index in [1.165, 1.54) is 7.11 Å². The van der Waals surface area contributed by atoms with Gasteiger partial charge in [-0.1, -0.05) is 0 Å². The lowest BCUT2D eigenvalue weighted by Gasteiger charge is -2.32. The highest BCUT2D eigenvalue weighted by Crippen LogP contribution is 2.20. The van der Waals surface area contributed by atoms with Crippen LogP contribution in [0.4, 0.5) is 13.2 Å². The molecular weight excluding hydrogens is 239 g/mol. The van der Waals surface area contributed by atoms with Crippen molar-refractivity contribution in [1.29, 1.82) is 0 Å². The van der Waals surface area contributed by atoms with E-state index in [2.05, 4.69) is 4.74 Å². The molecule has 1 aliphatic heterocycles. The highest BCUT2D eigenvalue weighted by atomic mass is 19.4. The predicted octanol–water partition coefficient (Wildman–Crippen LogP) is 1.20. The van der Waals surface area contributed by atoms with Crippen LogP contribution in [-0.2, 0) is 14.3 Å². The van der Waals surface area contributed by atoms with Gasteiger partial charge in [-0.15, -0.1) is 0 Å². The van der Waals surface area contributed by atoms with Gasteiger partial charge in [0.15, 0.2) is 0 Å². The average molecular weight is 255 g/mol. The topological polar surface area (TPSA) is 38.8 Å². The van der Waals surface area contributed by atoms with E-state index in [9.17, 15) is 18.0 Å². The number of hydrogen-bond acceptors (Lipinski definition) is 4. The zero-order valence-electron chi connectivity index (χ0n) is 9.63. The summed E-state index contributed by atoms with van der Waals surface area (Å²) < 4.78 is 45.9. The van der Waals surface area contributed by atoms with E-state index >= 15 is 0 Å². The number of methoxy groups -OCH3 is 1. The third-order valence-electron chi connectivity index (χ3n) is 2.56. The molecule has 0 unspecified atom stereocenters. The first-order valence-corrected chi connectivity index (χ1v) is 5.38. The molecule has 7 heteroatoms. The lowest BCUT2D eigenvalue weighted by atomic mass is 10.2. The minimum Gasteiger partial charge on any atom is -0.469 e. The number of carbonyl (C=O) groups is 1. The summed E-state index contributed by atoms with van der Waals surface area (Å²) in [6.07, 6.45) is -5.27. The molecule has 0 aromatic heterocycles. The Balaban J connectivity index is 2.31. The number of hydrogen-bond donors (Lipinski definition) is 0. The molecule has 1 atom stereocenters. The zero-order valence-corrected chi connectivity index (χ0v) is 9.63. The quantitative estimate of drug-likeness (QED) is 0.708. The number of esters is 1. The number of nitrogens with zero attached hydrogens (tertiary/aromatic N) is 1. The van der Waals surface area contributed by atoms with Crippen LogP contribution in [0.1, 0.15) is 12.8 Å². The predicted molar refractivity (Wildman–Crippen MR) is 53.5 cm³/mol. The summed E-state index contributed by atoms with van der Waals surface area (Å²) >= 11 is 0. The van der Waals surface area contributed by atoms with E-state index < -0.39 is 18.6 Å². The van der Waals surface area contributed by atoms with Crippen LogP contribution in [0.5, 0.6) is 0 Å². The maximum atomic E-state index is 12.0. The molecule has 0 aliphatic carbocycles. The van der Waals surface area contributed by atoms with E-state index in [0.29, 0.717) is 19.7 Å². The van der Waals surface area contributed by atoms with Gasteiger partial charge in [0.1, 0.15) is 0 Å². The van der Waals surface area contributed by atoms with Gasteiger partial charge in [-0.05, 0) is 0 Å². The molecule has 1 aliphatic rings. The van der Waals surface area contributed by atoms with Gasteiger partial charge in [0.2, 0.25) is 0 Å². The average Bonchev–Trinajstić information content (AvgIpc) is 2.26. The standard InChI is InChI=1S/C10H16F3NO3/c1-16-9(15)6-8-7-14(4-5-17-8)3-2-10(11,12)13/h8H,2-7H2,1H3/t8-/m1/s1. The summed E-state index contributed by atoms with van der Waals surface area (Å²) in [6.45, 7) is 1.10. The number of carbonyl (C=O) groups excluding carboxylic acids is 1. The third kappa shape index (κ3) is 5.88. The monoisotopic (exact) mass is 255 g/mol.